The van der Waals surface area contributed by atoms with Crippen molar-refractivity contribution in [2.24, 2.45) is 0 Å². The second-order valence-electron chi connectivity index (χ2n) is 5.25. The van der Waals surface area contributed by atoms with Gasteiger partial charge in [-0.15, -0.1) is 0 Å². The third kappa shape index (κ3) is 2.98. The van der Waals surface area contributed by atoms with Crippen molar-refractivity contribution in [3.05, 3.63) is 65.2 Å². The van der Waals surface area contributed by atoms with Gasteiger partial charge in [0.15, 0.2) is 6.10 Å². The van der Waals surface area contributed by atoms with Crippen LogP contribution in [0.25, 0.3) is 0 Å². The molecule has 3 nitrogen and oxygen atoms in total. The number of esters is 1. The normalized spacial score (nSPS) is 20.1. The molecule has 0 radical (unpaired) electrons. The number of benzene rings is 2. The first-order chi connectivity index (χ1) is 10.2. The Labute approximate surface area is 124 Å². The van der Waals surface area contributed by atoms with Gasteiger partial charge in [0.25, 0.3) is 0 Å². The third-order valence-electron chi connectivity index (χ3n) is 3.77. The van der Waals surface area contributed by atoms with Crippen LogP contribution in [0.2, 0.25) is 0 Å². The standard InChI is InChI=1S/C18H18O3/c1-3-13-11-14(10-9-12(13)2)16-17(21-16)18(19)20-15-7-5-4-6-8-15/h4-11,16-17H,3H2,1-2H3. The molecule has 21 heavy (non-hydrogen) atoms. The summed E-state index contributed by atoms with van der Waals surface area (Å²) >= 11 is 0. The Morgan fingerprint density at radius 3 is 2.67 bits per heavy atom. The first-order valence-electron chi connectivity index (χ1n) is 7.20. The van der Waals surface area contributed by atoms with Gasteiger partial charge >= 0.3 is 5.97 Å². The van der Waals surface area contributed by atoms with E-state index in [1.54, 1.807) is 12.1 Å². The summed E-state index contributed by atoms with van der Waals surface area (Å²) in [6.07, 6.45) is 0.315. The fourth-order valence-electron chi connectivity index (χ4n) is 2.46. The van der Waals surface area contributed by atoms with Gasteiger partial charge in [-0.2, -0.15) is 0 Å². The maximum Gasteiger partial charge on any atom is 0.343 e. The minimum Gasteiger partial charge on any atom is -0.425 e. The maximum atomic E-state index is 12.0. The summed E-state index contributed by atoms with van der Waals surface area (Å²) < 4.78 is 10.8. The van der Waals surface area contributed by atoms with Gasteiger partial charge in [0.05, 0.1) is 0 Å². The van der Waals surface area contributed by atoms with Gasteiger partial charge in [-0.25, -0.2) is 4.79 Å². The van der Waals surface area contributed by atoms with Gasteiger partial charge in [-0.3, -0.25) is 0 Å². The minimum absolute atomic E-state index is 0.174. The molecule has 0 aliphatic carbocycles. The smallest absolute Gasteiger partial charge is 0.343 e. The molecule has 1 fully saturated rings. The Balaban J connectivity index is 1.67. The quantitative estimate of drug-likeness (QED) is 0.488. The van der Waals surface area contributed by atoms with Crippen LogP contribution in [0.5, 0.6) is 5.75 Å². The topological polar surface area (TPSA) is 38.8 Å². The molecule has 1 heterocycles. The molecule has 2 unspecified atom stereocenters. The third-order valence-corrected chi connectivity index (χ3v) is 3.77. The molecule has 2 aromatic carbocycles. The number of carbonyl (C=O) groups is 1. The SMILES string of the molecule is CCc1cc(C2OC2C(=O)Oc2ccccc2)ccc1C. The van der Waals surface area contributed by atoms with Gasteiger partial charge in [-0.1, -0.05) is 43.3 Å². The molecule has 1 aliphatic heterocycles. The Morgan fingerprint density at radius 2 is 1.95 bits per heavy atom. The van der Waals surface area contributed by atoms with E-state index < -0.39 is 6.10 Å². The highest BCUT2D eigenvalue weighted by Crippen LogP contribution is 2.40. The zero-order valence-electron chi connectivity index (χ0n) is 12.2. The molecular formula is C18H18O3. The van der Waals surface area contributed by atoms with E-state index in [1.165, 1.54) is 11.1 Å². The van der Waals surface area contributed by atoms with Crippen LogP contribution >= 0.6 is 0 Å². The summed E-state index contributed by atoms with van der Waals surface area (Å²) in [6.45, 7) is 4.22. The number of rotatable bonds is 4. The average Bonchev–Trinajstić information content (AvgIpc) is 3.29. The lowest BCUT2D eigenvalue weighted by Gasteiger charge is -2.05. The number of hydrogen-bond donors (Lipinski definition) is 0. The van der Waals surface area contributed by atoms with Gasteiger partial charge in [0, 0.05) is 0 Å². The molecular weight excluding hydrogens is 264 g/mol. The molecule has 0 saturated carbocycles. The fourth-order valence-corrected chi connectivity index (χ4v) is 2.46. The van der Waals surface area contributed by atoms with Crippen molar-refractivity contribution in [1.29, 1.82) is 0 Å². The van der Waals surface area contributed by atoms with Crippen LogP contribution in [0.1, 0.15) is 29.7 Å². The van der Waals surface area contributed by atoms with Crippen LogP contribution in [0, 0.1) is 6.92 Å². The number of aryl methyl sites for hydroxylation is 2. The van der Waals surface area contributed by atoms with E-state index in [0.29, 0.717) is 5.75 Å². The lowest BCUT2D eigenvalue weighted by atomic mass is 10.0. The van der Waals surface area contributed by atoms with Gasteiger partial charge in [0.2, 0.25) is 0 Å². The molecule has 0 N–H and O–H groups in total. The van der Waals surface area contributed by atoms with Crippen molar-refractivity contribution >= 4 is 5.97 Å². The highest BCUT2D eigenvalue weighted by Gasteiger charge is 2.47. The first-order valence-corrected chi connectivity index (χ1v) is 7.20. The summed E-state index contributed by atoms with van der Waals surface area (Å²) in [7, 11) is 0. The number of carbonyl (C=O) groups excluding carboxylic acids is 1. The van der Waals surface area contributed by atoms with E-state index >= 15 is 0 Å². The highest BCUT2D eigenvalue weighted by molar-refractivity contribution is 5.80. The lowest BCUT2D eigenvalue weighted by Crippen LogP contribution is -2.15. The molecule has 1 saturated heterocycles. The van der Waals surface area contributed by atoms with Crippen molar-refractivity contribution in [3.63, 3.8) is 0 Å². The Hall–Kier alpha value is -2.13. The van der Waals surface area contributed by atoms with E-state index in [-0.39, 0.29) is 12.1 Å². The molecule has 2 atom stereocenters. The van der Waals surface area contributed by atoms with Crippen LogP contribution in [0.4, 0.5) is 0 Å². The predicted molar refractivity (Wildman–Crippen MR) is 80.2 cm³/mol. The highest BCUT2D eigenvalue weighted by atomic mass is 16.6. The van der Waals surface area contributed by atoms with Crippen LogP contribution in [0.3, 0.4) is 0 Å². The van der Waals surface area contributed by atoms with Crippen molar-refractivity contribution in [2.75, 3.05) is 0 Å². The van der Waals surface area contributed by atoms with Crippen LogP contribution in [-0.2, 0) is 16.0 Å². The zero-order chi connectivity index (χ0) is 14.8. The van der Waals surface area contributed by atoms with Crippen LogP contribution < -0.4 is 4.74 Å². The maximum absolute atomic E-state index is 12.0. The zero-order valence-corrected chi connectivity index (χ0v) is 12.2. The molecule has 0 amide bonds. The molecule has 1 aliphatic rings. The van der Waals surface area contributed by atoms with Gasteiger partial charge in [0.1, 0.15) is 11.9 Å². The van der Waals surface area contributed by atoms with Gasteiger partial charge in [-0.05, 0) is 42.2 Å². The molecule has 3 rings (SSSR count). The molecule has 0 bridgehead atoms. The summed E-state index contributed by atoms with van der Waals surface area (Å²) in [5, 5.41) is 0. The second kappa shape index (κ2) is 5.70. The summed E-state index contributed by atoms with van der Waals surface area (Å²) in [5.74, 6) is 0.222. The number of ether oxygens (including phenoxy) is 2. The van der Waals surface area contributed by atoms with Crippen molar-refractivity contribution in [1.82, 2.24) is 0 Å². The molecule has 3 heteroatoms. The monoisotopic (exact) mass is 282 g/mol. The van der Waals surface area contributed by atoms with Crippen molar-refractivity contribution in [2.45, 2.75) is 32.5 Å². The number of para-hydroxylation sites is 1. The van der Waals surface area contributed by atoms with Gasteiger partial charge < -0.3 is 9.47 Å². The average molecular weight is 282 g/mol. The van der Waals surface area contributed by atoms with E-state index in [4.69, 9.17) is 9.47 Å². The van der Waals surface area contributed by atoms with Crippen LogP contribution in [-0.4, -0.2) is 12.1 Å². The Morgan fingerprint density at radius 1 is 1.19 bits per heavy atom. The summed E-state index contributed by atoms with van der Waals surface area (Å²) in [4.78, 5) is 12.0. The Bertz CT molecular complexity index is 649. The van der Waals surface area contributed by atoms with E-state index in [1.807, 2.05) is 24.3 Å². The molecule has 108 valence electrons. The predicted octanol–water partition coefficient (Wildman–Crippen LogP) is 3.60. The van der Waals surface area contributed by atoms with Crippen LogP contribution in [0.15, 0.2) is 48.5 Å². The number of hydrogen-bond acceptors (Lipinski definition) is 3. The van der Waals surface area contributed by atoms with E-state index in [0.717, 1.165) is 12.0 Å². The first kappa shape index (κ1) is 13.8. The van der Waals surface area contributed by atoms with Crippen molar-refractivity contribution in [3.8, 4) is 5.75 Å². The molecule has 0 aromatic heterocycles. The lowest BCUT2D eigenvalue weighted by molar-refractivity contribution is -0.135. The van der Waals surface area contributed by atoms with Crippen molar-refractivity contribution < 1.29 is 14.3 Å². The molecule has 2 aromatic rings. The minimum atomic E-state index is -0.488. The summed E-state index contributed by atoms with van der Waals surface area (Å²) in [5.41, 5.74) is 3.61. The number of epoxide rings is 1. The fraction of sp³-hybridized carbons (Fsp3) is 0.278. The second-order valence-corrected chi connectivity index (χ2v) is 5.25. The van der Waals surface area contributed by atoms with E-state index in [9.17, 15) is 4.79 Å². The summed E-state index contributed by atoms with van der Waals surface area (Å²) in [6, 6.07) is 15.3. The Kier molecular flexibility index (Phi) is 3.76. The molecule has 0 spiro atoms. The van der Waals surface area contributed by atoms with E-state index in [2.05, 4.69) is 26.0 Å². The largest absolute Gasteiger partial charge is 0.425 e.